The van der Waals surface area contributed by atoms with Crippen LogP contribution >= 0.6 is 0 Å². The molecule has 0 aliphatic carbocycles. The van der Waals surface area contributed by atoms with Crippen molar-refractivity contribution in [3.8, 4) is 11.3 Å². The minimum Gasteiger partial charge on any atom is -0.481 e. The first kappa shape index (κ1) is 15.7. The van der Waals surface area contributed by atoms with Gasteiger partial charge in [0.1, 0.15) is 12.2 Å². The van der Waals surface area contributed by atoms with E-state index in [-0.39, 0.29) is 18.9 Å². The van der Waals surface area contributed by atoms with Gasteiger partial charge in [-0.15, -0.1) is 5.10 Å². The molecule has 0 spiro atoms. The Morgan fingerprint density at radius 2 is 1.95 bits per heavy atom. The van der Waals surface area contributed by atoms with Crippen LogP contribution in [0.5, 0.6) is 0 Å². The maximum absolute atomic E-state index is 11.7. The molecule has 1 heterocycles. The van der Waals surface area contributed by atoms with Crippen LogP contribution in [-0.2, 0) is 16.1 Å². The quantitative estimate of drug-likeness (QED) is 0.717. The lowest BCUT2D eigenvalue weighted by Crippen LogP contribution is -2.28. The SMILES string of the molecule is O=C(O)CCCCNC(=O)Cn1cc(-c2ccccc2)nn1. The second kappa shape index (κ2) is 7.92. The fourth-order valence-electron chi connectivity index (χ4n) is 1.95. The minimum atomic E-state index is -0.817. The Balaban J connectivity index is 1.76. The van der Waals surface area contributed by atoms with E-state index >= 15 is 0 Å². The van der Waals surface area contributed by atoms with Gasteiger partial charge in [0.2, 0.25) is 5.91 Å². The predicted molar refractivity (Wildman–Crippen MR) is 80.0 cm³/mol. The van der Waals surface area contributed by atoms with Gasteiger partial charge in [0.05, 0.1) is 6.20 Å². The van der Waals surface area contributed by atoms with Crippen molar-refractivity contribution in [2.75, 3.05) is 6.54 Å². The zero-order valence-corrected chi connectivity index (χ0v) is 12.1. The average molecular weight is 302 g/mol. The summed E-state index contributed by atoms with van der Waals surface area (Å²) in [6.45, 7) is 0.561. The number of nitrogens with one attached hydrogen (secondary N) is 1. The van der Waals surface area contributed by atoms with Gasteiger partial charge in [0, 0.05) is 18.5 Å². The van der Waals surface area contributed by atoms with Crippen molar-refractivity contribution in [3.05, 3.63) is 36.5 Å². The predicted octanol–water partition coefficient (Wildman–Crippen LogP) is 1.32. The van der Waals surface area contributed by atoms with Gasteiger partial charge in [-0.1, -0.05) is 35.5 Å². The number of rotatable bonds is 8. The van der Waals surface area contributed by atoms with Gasteiger partial charge in [0.25, 0.3) is 0 Å². The van der Waals surface area contributed by atoms with Crippen molar-refractivity contribution in [1.82, 2.24) is 20.3 Å². The van der Waals surface area contributed by atoms with Crippen molar-refractivity contribution in [2.45, 2.75) is 25.8 Å². The zero-order chi connectivity index (χ0) is 15.8. The van der Waals surface area contributed by atoms with Crippen LogP contribution in [0.2, 0.25) is 0 Å². The highest BCUT2D eigenvalue weighted by Gasteiger charge is 2.07. The van der Waals surface area contributed by atoms with Crippen LogP contribution < -0.4 is 5.32 Å². The molecule has 116 valence electrons. The van der Waals surface area contributed by atoms with Crippen LogP contribution in [0.15, 0.2) is 36.5 Å². The Bertz CT molecular complexity index is 625. The molecule has 0 unspecified atom stereocenters. The Morgan fingerprint density at radius 1 is 1.18 bits per heavy atom. The summed E-state index contributed by atoms with van der Waals surface area (Å²) in [5, 5.41) is 19.2. The van der Waals surface area contributed by atoms with Crippen molar-refractivity contribution < 1.29 is 14.7 Å². The van der Waals surface area contributed by atoms with E-state index in [1.165, 1.54) is 4.68 Å². The number of aromatic nitrogens is 3. The largest absolute Gasteiger partial charge is 0.481 e. The van der Waals surface area contributed by atoms with Crippen molar-refractivity contribution in [2.24, 2.45) is 0 Å². The highest BCUT2D eigenvalue weighted by Crippen LogP contribution is 2.14. The minimum absolute atomic E-state index is 0.0960. The number of carbonyl (C=O) groups excluding carboxylic acids is 1. The van der Waals surface area contributed by atoms with Crippen LogP contribution in [-0.4, -0.2) is 38.5 Å². The summed E-state index contributed by atoms with van der Waals surface area (Å²) in [7, 11) is 0. The third-order valence-corrected chi connectivity index (χ3v) is 3.05. The molecule has 7 nitrogen and oxygen atoms in total. The molecule has 0 bridgehead atoms. The van der Waals surface area contributed by atoms with Crippen molar-refractivity contribution >= 4 is 11.9 Å². The summed E-state index contributed by atoms with van der Waals surface area (Å²) in [6.07, 6.45) is 3.04. The molecule has 7 heteroatoms. The normalized spacial score (nSPS) is 10.4. The van der Waals surface area contributed by atoms with Crippen LogP contribution in [0.25, 0.3) is 11.3 Å². The number of carbonyl (C=O) groups is 2. The highest BCUT2D eigenvalue weighted by atomic mass is 16.4. The van der Waals surface area contributed by atoms with Crippen molar-refractivity contribution in [3.63, 3.8) is 0 Å². The maximum Gasteiger partial charge on any atom is 0.303 e. The van der Waals surface area contributed by atoms with E-state index in [2.05, 4.69) is 15.6 Å². The molecular weight excluding hydrogens is 284 g/mol. The molecule has 0 aliphatic heterocycles. The van der Waals surface area contributed by atoms with Gasteiger partial charge in [-0.2, -0.15) is 0 Å². The first-order valence-corrected chi connectivity index (χ1v) is 7.09. The Kier molecular flexibility index (Phi) is 5.65. The summed E-state index contributed by atoms with van der Waals surface area (Å²) in [6, 6.07) is 9.61. The van der Waals surface area contributed by atoms with Crippen LogP contribution in [0.4, 0.5) is 0 Å². The number of hydrogen-bond acceptors (Lipinski definition) is 4. The van der Waals surface area contributed by atoms with Gasteiger partial charge in [-0.25, -0.2) is 4.68 Å². The lowest BCUT2D eigenvalue weighted by atomic mass is 10.2. The number of carboxylic acids is 1. The molecule has 2 rings (SSSR count). The Morgan fingerprint density at radius 3 is 2.68 bits per heavy atom. The number of hydrogen-bond donors (Lipinski definition) is 2. The van der Waals surface area contributed by atoms with Gasteiger partial charge in [0.15, 0.2) is 0 Å². The van der Waals surface area contributed by atoms with Crippen molar-refractivity contribution in [1.29, 1.82) is 0 Å². The molecule has 0 fully saturated rings. The third-order valence-electron chi connectivity index (χ3n) is 3.05. The number of aliphatic carboxylic acids is 1. The summed E-state index contributed by atoms with van der Waals surface area (Å²) >= 11 is 0. The summed E-state index contributed by atoms with van der Waals surface area (Å²) in [5.41, 5.74) is 1.66. The fourth-order valence-corrected chi connectivity index (χ4v) is 1.95. The van der Waals surface area contributed by atoms with E-state index in [0.29, 0.717) is 19.4 Å². The van der Waals surface area contributed by atoms with Gasteiger partial charge >= 0.3 is 5.97 Å². The van der Waals surface area contributed by atoms with Crippen LogP contribution in [0.1, 0.15) is 19.3 Å². The number of unbranched alkanes of at least 4 members (excludes halogenated alkanes) is 1. The van der Waals surface area contributed by atoms with E-state index < -0.39 is 5.97 Å². The van der Waals surface area contributed by atoms with E-state index in [4.69, 9.17) is 5.11 Å². The lowest BCUT2D eigenvalue weighted by molar-refractivity contribution is -0.137. The number of carboxylic acid groups (broad SMARTS) is 1. The topological polar surface area (TPSA) is 97.1 Å². The van der Waals surface area contributed by atoms with Crippen LogP contribution in [0.3, 0.4) is 0 Å². The molecule has 1 amide bonds. The molecule has 22 heavy (non-hydrogen) atoms. The summed E-state index contributed by atoms with van der Waals surface area (Å²) in [5.74, 6) is -0.984. The Hall–Kier alpha value is -2.70. The number of nitrogens with zero attached hydrogens (tertiary/aromatic N) is 3. The first-order valence-electron chi connectivity index (χ1n) is 7.09. The second-order valence-electron chi connectivity index (χ2n) is 4.87. The Labute approximate surface area is 128 Å². The number of amides is 1. The molecule has 0 saturated heterocycles. The third kappa shape index (κ3) is 5.01. The number of benzene rings is 1. The average Bonchev–Trinajstić information content (AvgIpc) is 2.96. The molecular formula is C15H18N4O3. The molecule has 0 aliphatic rings. The smallest absolute Gasteiger partial charge is 0.303 e. The van der Waals surface area contributed by atoms with E-state index in [0.717, 1.165) is 11.3 Å². The molecule has 1 aromatic carbocycles. The molecule has 0 atom stereocenters. The van der Waals surface area contributed by atoms with Crippen LogP contribution in [0, 0.1) is 0 Å². The highest BCUT2D eigenvalue weighted by molar-refractivity contribution is 5.75. The molecule has 2 aromatic rings. The van der Waals surface area contributed by atoms with Gasteiger partial charge in [-0.05, 0) is 12.8 Å². The van der Waals surface area contributed by atoms with Gasteiger partial charge in [-0.3, -0.25) is 9.59 Å². The molecule has 2 N–H and O–H groups in total. The van der Waals surface area contributed by atoms with E-state index in [1.807, 2.05) is 30.3 Å². The first-order chi connectivity index (χ1) is 10.6. The second-order valence-corrected chi connectivity index (χ2v) is 4.87. The molecule has 0 radical (unpaired) electrons. The summed E-state index contributed by atoms with van der Waals surface area (Å²) < 4.78 is 1.48. The monoisotopic (exact) mass is 302 g/mol. The summed E-state index contributed by atoms with van der Waals surface area (Å²) in [4.78, 5) is 22.1. The molecule has 1 aromatic heterocycles. The fraction of sp³-hybridized carbons (Fsp3) is 0.333. The standard InChI is InChI=1S/C15H18N4O3/c20-14(16-9-5-4-8-15(21)22)11-19-10-13(17-18-19)12-6-2-1-3-7-12/h1-3,6-7,10H,4-5,8-9,11H2,(H,16,20)(H,21,22). The lowest BCUT2D eigenvalue weighted by Gasteiger charge is -2.04. The maximum atomic E-state index is 11.7. The van der Waals surface area contributed by atoms with E-state index in [1.54, 1.807) is 6.20 Å². The molecule has 0 saturated carbocycles. The zero-order valence-electron chi connectivity index (χ0n) is 12.1. The van der Waals surface area contributed by atoms with E-state index in [9.17, 15) is 9.59 Å². The van der Waals surface area contributed by atoms with Gasteiger partial charge < -0.3 is 10.4 Å².